The molecule has 1 saturated heterocycles. The third-order valence-corrected chi connectivity index (χ3v) is 11.1. The highest BCUT2D eigenvalue weighted by Gasteiger charge is 2.75. The van der Waals surface area contributed by atoms with Gasteiger partial charge >= 0.3 is 5.97 Å². The van der Waals surface area contributed by atoms with Crippen molar-refractivity contribution < 1.29 is 27.8 Å². The first-order chi connectivity index (χ1) is 18.1. The molecule has 0 aromatic heterocycles. The minimum atomic E-state index is -3.69. The zero-order valence-electron chi connectivity index (χ0n) is 21.8. The van der Waals surface area contributed by atoms with E-state index in [0.29, 0.717) is 43.5 Å². The van der Waals surface area contributed by atoms with Crippen molar-refractivity contribution in [3.8, 4) is 11.5 Å². The average molecular weight is 539 g/mol. The van der Waals surface area contributed by atoms with Crippen LogP contribution in [-0.4, -0.2) is 72.6 Å². The molecule has 2 fully saturated rings. The molecule has 2 aliphatic heterocycles. The van der Waals surface area contributed by atoms with Crippen LogP contribution < -0.4 is 4.74 Å². The number of piperidine rings is 1. The van der Waals surface area contributed by atoms with Crippen LogP contribution >= 0.6 is 0 Å². The topological polar surface area (TPSA) is 96.4 Å². The first-order valence-corrected chi connectivity index (χ1v) is 14.8. The van der Waals surface area contributed by atoms with Crippen molar-refractivity contribution in [3.63, 3.8) is 0 Å². The van der Waals surface area contributed by atoms with E-state index in [1.165, 1.54) is 11.2 Å². The Hall–Kier alpha value is -2.88. The standard InChI is InChI=1S/C29H34N2O6S/c1-4-15-31-16-14-28-25-21-10-11-23(33)26(25)36-27(28)22(12-13-29(28,24(31)17-21)37-19(2)32)30(3)38(34,35)18-20-8-6-5-7-9-20/h4-11,22,24,27,33H,1,12-18H2,2-3H3/t22-,24+,27-,28-,29+/m0/s1. The number of esters is 1. The van der Waals surface area contributed by atoms with E-state index in [1.807, 2.05) is 42.5 Å². The quantitative estimate of drug-likeness (QED) is 0.427. The summed E-state index contributed by atoms with van der Waals surface area (Å²) < 4.78 is 41.8. The molecule has 6 rings (SSSR count). The van der Waals surface area contributed by atoms with Gasteiger partial charge < -0.3 is 14.6 Å². The van der Waals surface area contributed by atoms with E-state index in [2.05, 4.69) is 11.5 Å². The van der Waals surface area contributed by atoms with Crippen LogP contribution in [0.15, 0.2) is 55.1 Å². The van der Waals surface area contributed by atoms with Gasteiger partial charge in [-0.3, -0.25) is 9.69 Å². The molecule has 8 nitrogen and oxygen atoms in total. The number of hydrogen-bond acceptors (Lipinski definition) is 7. The van der Waals surface area contributed by atoms with Gasteiger partial charge in [-0.15, -0.1) is 6.58 Å². The van der Waals surface area contributed by atoms with Crippen LogP contribution in [0.4, 0.5) is 0 Å². The normalized spacial score (nSPS) is 31.4. The van der Waals surface area contributed by atoms with Crippen molar-refractivity contribution >= 4 is 16.0 Å². The highest BCUT2D eigenvalue weighted by atomic mass is 32.2. The smallest absolute Gasteiger partial charge is 0.303 e. The number of phenolic OH excluding ortho intramolecular Hbond substituents is 1. The lowest BCUT2D eigenvalue weighted by Gasteiger charge is -2.65. The largest absolute Gasteiger partial charge is 0.504 e. The Morgan fingerprint density at radius 1 is 1.26 bits per heavy atom. The summed E-state index contributed by atoms with van der Waals surface area (Å²) in [4.78, 5) is 15.0. The summed E-state index contributed by atoms with van der Waals surface area (Å²) in [6.07, 6.45) is 3.48. The van der Waals surface area contributed by atoms with E-state index >= 15 is 0 Å². The zero-order valence-corrected chi connectivity index (χ0v) is 22.6. The Balaban J connectivity index is 1.49. The number of hydrogen-bond donors (Lipinski definition) is 1. The van der Waals surface area contributed by atoms with Gasteiger partial charge in [0.25, 0.3) is 0 Å². The van der Waals surface area contributed by atoms with Crippen LogP contribution in [0, 0.1) is 0 Å². The summed E-state index contributed by atoms with van der Waals surface area (Å²) in [5.41, 5.74) is 0.974. The van der Waals surface area contributed by atoms with Gasteiger partial charge in [0.2, 0.25) is 10.0 Å². The van der Waals surface area contributed by atoms with Crippen LogP contribution in [0.3, 0.4) is 0 Å². The van der Waals surface area contributed by atoms with Gasteiger partial charge in [-0.05, 0) is 42.9 Å². The van der Waals surface area contributed by atoms with Gasteiger partial charge in [-0.1, -0.05) is 42.5 Å². The highest BCUT2D eigenvalue weighted by Crippen LogP contribution is 2.67. The SMILES string of the molecule is C=CCN1CC[C@]23c4c5ccc(O)c4O[C@H]2[C@@H](N(C)S(=O)(=O)Cc2ccccc2)CC[C@@]3(OC(C)=O)[C@H]1C5. The highest BCUT2D eigenvalue weighted by molar-refractivity contribution is 7.88. The molecule has 202 valence electrons. The Labute approximate surface area is 223 Å². The fourth-order valence-corrected chi connectivity index (χ4v) is 9.33. The van der Waals surface area contributed by atoms with Gasteiger partial charge in [0.1, 0.15) is 11.7 Å². The molecule has 0 radical (unpaired) electrons. The maximum atomic E-state index is 13.7. The summed E-state index contributed by atoms with van der Waals surface area (Å²) in [5, 5.41) is 10.9. The molecule has 38 heavy (non-hydrogen) atoms. The molecule has 9 heteroatoms. The van der Waals surface area contributed by atoms with Crippen LogP contribution in [-0.2, 0) is 37.1 Å². The number of phenols is 1. The Kier molecular flexibility index (Phi) is 5.90. The lowest BCUT2D eigenvalue weighted by atomic mass is 9.48. The molecule has 5 atom stereocenters. The van der Waals surface area contributed by atoms with Crippen molar-refractivity contribution in [2.24, 2.45) is 0 Å². The summed E-state index contributed by atoms with van der Waals surface area (Å²) in [6.45, 7) is 6.76. The molecule has 2 bridgehead atoms. The van der Waals surface area contributed by atoms with Gasteiger partial charge in [-0.25, -0.2) is 8.42 Å². The number of nitrogens with zero attached hydrogens (tertiary/aromatic N) is 2. The van der Waals surface area contributed by atoms with Crippen LogP contribution in [0.2, 0.25) is 0 Å². The number of rotatable bonds is 7. The molecule has 1 N–H and O–H groups in total. The number of aromatic hydroxyl groups is 1. The Morgan fingerprint density at radius 3 is 2.74 bits per heavy atom. The molecule has 2 aromatic carbocycles. The molecule has 0 unspecified atom stereocenters. The van der Waals surface area contributed by atoms with E-state index in [4.69, 9.17) is 9.47 Å². The predicted octanol–water partition coefficient (Wildman–Crippen LogP) is 3.13. The van der Waals surface area contributed by atoms with E-state index in [9.17, 15) is 18.3 Å². The van der Waals surface area contributed by atoms with E-state index < -0.39 is 33.2 Å². The third kappa shape index (κ3) is 3.41. The molecule has 1 spiro atoms. The number of sulfonamides is 1. The summed E-state index contributed by atoms with van der Waals surface area (Å²) >= 11 is 0. The van der Waals surface area contributed by atoms with E-state index in [-0.39, 0.29) is 23.5 Å². The number of carbonyl (C=O) groups is 1. The molecular weight excluding hydrogens is 504 g/mol. The zero-order chi connectivity index (χ0) is 26.9. The number of likely N-dealkylation sites (N-methyl/N-ethyl adjacent to an activating group) is 1. The monoisotopic (exact) mass is 538 g/mol. The minimum absolute atomic E-state index is 0.0322. The molecular formula is C29H34N2O6S. The Morgan fingerprint density at radius 2 is 2.03 bits per heavy atom. The lowest BCUT2D eigenvalue weighted by molar-refractivity contribution is -0.220. The molecule has 0 amide bonds. The van der Waals surface area contributed by atoms with Crippen molar-refractivity contribution in [1.29, 1.82) is 0 Å². The molecule has 1 saturated carbocycles. The van der Waals surface area contributed by atoms with E-state index in [1.54, 1.807) is 13.1 Å². The first kappa shape index (κ1) is 25.4. The molecule has 4 aliphatic rings. The maximum absolute atomic E-state index is 13.7. The Bertz CT molecular complexity index is 1400. The molecule has 2 aromatic rings. The third-order valence-electron chi connectivity index (χ3n) is 9.29. The van der Waals surface area contributed by atoms with Gasteiger partial charge in [0.15, 0.2) is 11.5 Å². The summed E-state index contributed by atoms with van der Waals surface area (Å²) in [7, 11) is -2.07. The van der Waals surface area contributed by atoms with E-state index in [0.717, 1.165) is 17.7 Å². The van der Waals surface area contributed by atoms with Gasteiger partial charge in [-0.2, -0.15) is 4.31 Å². The summed E-state index contributed by atoms with van der Waals surface area (Å²) in [6, 6.07) is 12.1. The van der Waals surface area contributed by atoms with Crippen LogP contribution in [0.5, 0.6) is 11.5 Å². The fourth-order valence-electron chi connectivity index (χ4n) is 7.89. The average Bonchev–Trinajstić information content (AvgIpc) is 3.22. The number of likely N-dealkylation sites (tertiary alicyclic amines) is 1. The fraction of sp³-hybridized carbons (Fsp3) is 0.483. The van der Waals surface area contributed by atoms with Crippen LogP contribution in [0.1, 0.15) is 42.9 Å². The second kappa shape index (κ2) is 8.83. The number of ether oxygens (including phenoxy) is 2. The van der Waals surface area contributed by atoms with Crippen LogP contribution in [0.25, 0.3) is 0 Å². The van der Waals surface area contributed by atoms with Crippen molar-refractivity contribution in [1.82, 2.24) is 9.21 Å². The number of carbonyl (C=O) groups excluding carboxylic acids is 1. The van der Waals surface area contributed by atoms with Gasteiger partial charge in [0.05, 0.1) is 23.3 Å². The van der Waals surface area contributed by atoms with Crippen molar-refractivity contribution in [3.05, 3.63) is 71.8 Å². The lowest BCUT2D eigenvalue weighted by Crippen LogP contribution is -2.79. The van der Waals surface area contributed by atoms with Crippen molar-refractivity contribution in [2.45, 2.75) is 67.6 Å². The second-order valence-electron chi connectivity index (χ2n) is 11.1. The first-order valence-electron chi connectivity index (χ1n) is 13.2. The maximum Gasteiger partial charge on any atom is 0.303 e. The molecule has 2 aliphatic carbocycles. The minimum Gasteiger partial charge on any atom is -0.504 e. The predicted molar refractivity (Wildman–Crippen MR) is 142 cm³/mol. The second-order valence-corrected chi connectivity index (χ2v) is 13.1. The number of benzene rings is 2. The summed E-state index contributed by atoms with van der Waals surface area (Å²) in [5.74, 6) is -0.0474. The van der Waals surface area contributed by atoms with Gasteiger partial charge in [0, 0.05) is 32.6 Å². The molecule has 2 heterocycles. The van der Waals surface area contributed by atoms with Crippen molar-refractivity contribution in [2.75, 3.05) is 20.1 Å².